The minimum atomic E-state index is -2.93. The predicted molar refractivity (Wildman–Crippen MR) is 45.3 cm³/mol. The van der Waals surface area contributed by atoms with Crippen molar-refractivity contribution in [3.05, 3.63) is 23.0 Å². The summed E-state index contributed by atoms with van der Waals surface area (Å²) in [5.41, 5.74) is 2.73. The number of hydrogen-bond acceptors (Lipinski definition) is 4. The first-order valence-corrected chi connectivity index (χ1v) is 3.69. The number of nitriles is 1. The van der Waals surface area contributed by atoms with Crippen molar-refractivity contribution in [2.24, 2.45) is 0 Å². The first-order chi connectivity index (χ1) is 6.99. The highest BCUT2D eigenvalue weighted by atomic mass is 19.3. The number of alkyl halides is 2. The van der Waals surface area contributed by atoms with Crippen molar-refractivity contribution in [3.63, 3.8) is 0 Å². The highest BCUT2D eigenvalue weighted by Crippen LogP contribution is 2.28. The Morgan fingerprint density at radius 2 is 2.27 bits per heavy atom. The van der Waals surface area contributed by atoms with Crippen molar-refractivity contribution >= 4 is 11.7 Å². The van der Waals surface area contributed by atoms with Crippen LogP contribution in [0.2, 0.25) is 0 Å². The third-order valence-electron chi connectivity index (χ3n) is 1.70. The van der Waals surface area contributed by atoms with Crippen LogP contribution in [0.1, 0.15) is 28.0 Å². The van der Waals surface area contributed by atoms with E-state index in [1.54, 1.807) is 0 Å². The van der Waals surface area contributed by atoms with Gasteiger partial charge in [0.25, 0.3) is 6.43 Å². The van der Waals surface area contributed by atoms with Gasteiger partial charge in [0.2, 0.25) is 0 Å². The third kappa shape index (κ3) is 1.83. The summed E-state index contributed by atoms with van der Waals surface area (Å²) in [6, 6.07) is 1.47. The Hall–Kier alpha value is -2.23. The number of nitrogens with two attached hydrogens (primary N) is 1. The molecule has 5 nitrogen and oxygen atoms in total. The summed E-state index contributed by atoms with van der Waals surface area (Å²) in [6.45, 7) is 0. The molecule has 0 bridgehead atoms. The van der Waals surface area contributed by atoms with Gasteiger partial charge in [0.05, 0.1) is 11.3 Å². The SMILES string of the molecule is N#Cc1ncc(C(F)F)c(N)c1C(=O)O. The molecule has 0 saturated heterocycles. The highest BCUT2D eigenvalue weighted by molar-refractivity contribution is 5.96. The summed E-state index contributed by atoms with van der Waals surface area (Å²) in [4.78, 5) is 14.0. The average Bonchev–Trinajstić information content (AvgIpc) is 2.15. The van der Waals surface area contributed by atoms with Crippen LogP contribution in [0.25, 0.3) is 0 Å². The molecule has 0 unspecified atom stereocenters. The lowest BCUT2D eigenvalue weighted by molar-refractivity contribution is 0.0697. The molecule has 78 valence electrons. The zero-order valence-corrected chi connectivity index (χ0v) is 7.24. The first kappa shape index (κ1) is 10.8. The fourth-order valence-electron chi connectivity index (χ4n) is 1.02. The summed E-state index contributed by atoms with van der Waals surface area (Å²) >= 11 is 0. The minimum Gasteiger partial charge on any atom is -0.478 e. The average molecular weight is 213 g/mol. The van der Waals surface area contributed by atoms with E-state index in [9.17, 15) is 13.6 Å². The molecule has 0 aromatic carbocycles. The quantitative estimate of drug-likeness (QED) is 0.767. The number of carboxylic acids is 1. The van der Waals surface area contributed by atoms with Gasteiger partial charge >= 0.3 is 5.97 Å². The highest BCUT2D eigenvalue weighted by Gasteiger charge is 2.22. The number of carbonyl (C=O) groups is 1. The van der Waals surface area contributed by atoms with E-state index in [4.69, 9.17) is 16.1 Å². The Balaban J connectivity index is 3.51. The smallest absolute Gasteiger partial charge is 0.340 e. The third-order valence-corrected chi connectivity index (χ3v) is 1.70. The maximum absolute atomic E-state index is 12.3. The topological polar surface area (TPSA) is 100 Å². The van der Waals surface area contributed by atoms with Gasteiger partial charge in [-0.15, -0.1) is 0 Å². The molecule has 0 radical (unpaired) electrons. The number of aromatic nitrogens is 1. The normalized spacial score (nSPS) is 10.0. The lowest BCUT2D eigenvalue weighted by atomic mass is 10.1. The van der Waals surface area contributed by atoms with Crippen LogP contribution >= 0.6 is 0 Å². The van der Waals surface area contributed by atoms with Crippen LogP contribution in [0, 0.1) is 11.3 Å². The molecule has 0 atom stereocenters. The molecule has 3 N–H and O–H groups in total. The van der Waals surface area contributed by atoms with E-state index in [-0.39, 0.29) is 0 Å². The van der Waals surface area contributed by atoms with Crippen molar-refractivity contribution in [3.8, 4) is 6.07 Å². The van der Waals surface area contributed by atoms with E-state index < -0.39 is 34.9 Å². The standard InChI is InChI=1S/C8H5F2N3O2/c9-7(10)3-2-13-4(1-11)5(6(3)12)8(14)15/h2,7H,(H2,12,13)(H,14,15). The van der Waals surface area contributed by atoms with Gasteiger partial charge in [-0.2, -0.15) is 5.26 Å². The van der Waals surface area contributed by atoms with Gasteiger partial charge in [-0.3, -0.25) is 0 Å². The molecule has 0 aliphatic heterocycles. The molecule has 0 aliphatic rings. The fourth-order valence-corrected chi connectivity index (χ4v) is 1.02. The number of pyridine rings is 1. The van der Waals surface area contributed by atoms with Crippen LogP contribution in [-0.2, 0) is 0 Å². The van der Waals surface area contributed by atoms with Gasteiger partial charge in [0.15, 0.2) is 5.69 Å². The molecule has 1 rings (SSSR count). The van der Waals surface area contributed by atoms with E-state index in [0.717, 1.165) is 0 Å². The van der Waals surface area contributed by atoms with Crippen LogP contribution in [0.4, 0.5) is 14.5 Å². The summed E-state index contributed by atoms with van der Waals surface area (Å²) in [5, 5.41) is 17.2. The summed E-state index contributed by atoms with van der Waals surface area (Å²) in [6.07, 6.45) is -2.23. The second-order valence-electron chi connectivity index (χ2n) is 2.57. The zero-order valence-electron chi connectivity index (χ0n) is 7.24. The van der Waals surface area contributed by atoms with E-state index in [1.165, 1.54) is 6.07 Å². The second-order valence-corrected chi connectivity index (χ2v) is 2.57. The van der Waals surface area contributed by atoms with Crippen LogP contribution < -0.4 is 5.73 Å². The van der Waals surface area contributed by atoms with Crippen molar-refractivity contribution in [2.45, 2.75) is 6.43 Å². The van der Waals surface area contributed by atoms with Crippen LogP contribution in [0.15, 0.2) is 6.20 Å². The summed E-state index contributed by atoms with van der Waals surface area (Å²) < 4.78 is 24.6. The molecular weight excluding hydrogens is 208 g/mol. The van der Waals surface area contributed by atoms with Crippen molar-refractivity contribution in [1.29, 1.82) is 5.26 Å². The Bertz CT molecular complexity index is 454. The van der Waals surface area contributed by atoms with Gasteiger partial charge in [-0.05, 0) is 0 Å². The van der Waals surface area contributed by atoms with Crippen molar-refractivity contribution in [1.82, 2.24) is 4.98 Å². The van der Waals surface area contributed by atoms with E-state index in [0.29, 0.717) is 6.20 Å². The van der Waals surface area contributed by atoms with Gasteiger partial charge in [-0.25, -0.2) is 18.6 Å². The van der Waals surface area contributed by atoms with E-state index in [1.807, 2.05) is 0 Å². The van der Waals surface area contributed by atoms with Crippen LogP contribution in [0.5, 0.6) is 0 Å². The van der Waals surface area contributed by atoms with Crippen LogP contribution in [0.3, 0.4) is 0 Å². The largest absolute Gasteiger partial charge is 0.478 e. The lowest BCUT2D eigenvalue weighted by Gasteiger charge is -2.07. The maximum atomic E-state index is 12.3. The number of carboxylic acid groups (broad SMARTS) is 1. The summed E-state index contributed by atoms with van der Waals surface area (Å²) in [5.74, 6) is -1.56. The van der Waals surface area contributed by atoms with Gasteiger partial charge in [-0.1, -0.05) is 0 Å². The minimum absolute atomic E-state index is 0.482. The second kappa shape index (κ2) is 3.88. The number of rotatable bonds is 2. The number of hydrogen-bond donors (Lipinski definition) is 2. The number of aromatic carboxylic acids is 1. The number of anilines is 1. The summed E-state index contributed by atoms with van der Waals surface area (Å²) in [7, 11) is 0. The van der Waals surface area contributed by atoms with E-state index >= 15 is 0 Å². The van der Waals surface area contributed by atoms with Crippen molar-refractivity contribution < 1.29 is 18.7 Å². The molecule has 0 fully saturated rings. The predicted octanol–water partition coefficient (Wildman–Crippen LogP) is 1.17. The molecule has 0 spiro atoms. The molecule has 7 heteroatoms. The Labute approximate surface area is 82.8 Å². The zero-order chi connectivity index (χ0) is 11.6. The van der Waals surface area contributed by atoms with Gasteiger partial charge < -0.3 is 10.8 Å². The number of nitrogens with zero attached hydrogens (tertiary/aromatic N) is 2. The molecule has 0 saturated carbocycles. The van der Waals surface area contributed by atoms with Gasteiger partial charge in [0, 0.05) is 6.20 Å². The number of nitrogen functional groups attached to an aromatic ring is 1. The Kier molecular flexibility index (Phi) is 2.80. The Morgan fingerprint density at radius 1 is 1.67 bits per heavy atom. The molecule has 15 heavy (non-hydrogen) atoms. The Morgan fingerprint density at radius 3 is 2.67 bits per heavy atom. The molecular formula is C8H5F2N3O2. The maximum Gasteiger partial charge on any atom is 0.340 e. The first-order valence-electron chi connectivity index (χ1n) is 3.69. The molecule has 1 aromatic heterocycles. The monoisotopic (exact) mass is 213 g/mol. The fraction of sp³-hybridized carbons (Fsp3) is 0.125. The van der Waals surface area contributed by atoms with Crippen molar-refractivity contribution in [2.75, 3.05) is 5.73 Å². The lowest BCUT2D eigenvalue weighted by Crippen LogP contribution is -2.10. The van der Waals surface area contributed by atoms with Crippen LogP contribution in [-0.4, -0.2) is 16.1 Å². The van der Waals surface area contributed by atoms with Gasteiger partial charge in [0.1, 0.15) is 11.6 Å². The van der Waals surface area contributed by atoms with E-state index in [2.05, 4.69) is 4.98 Å². The molecule has 1 aromatic rings. The molecule has 1 heterocycles. The number of halogens is 2. The molecule has 0 amide bonds. The molecule has 0 aliphatic carbocycles.